The lowest BCUT2D eigenvalue weighted by Gasteiger charge is -2.34. The predicted octanol–water partition coefficient (Wildman–Crippen LogP) is 1.68. The van der Waals surface area contributed by atoms with E-state index in [1.165, 1.54) is 7.11 Å². The van der Waals surface area contributed by atoms with Gasteiger partial charge in [0.2, 0.25) is 11.9 Å². The molecule has 0 unspecified atom stereocenters. The van der Waals surface area contributed by atoms with Crippen LogP contribution in [0.4, 0.5) is 17.5 Å². The summed E-state index contributed by atoms with van der Waals surface area (Å²) in [7, 11) is 1.35. The number of hydrogen-bond donors (Lipinski definition) is 1. The van der Waals surface area contributed by atoms with Gasteiger partial charge in [-0.2, -0.15) is 4.98 Å². The minimum Gasteiger partial charge on any atom is -0.465 e. The van der Waals surface area contributed by atoms with Crippen LogP contribution in [0.2, 0.25) is 0 Å². The van der Waals surface area contributed by atoms with E-state index in [1.807, 2.05) is 17.0 Å². The molecule has 2 heterocycles. The third-order valence-electron chi connectivity index (χ3n) is 4.23. The fourth-order valence-corrected chi connectivity index (χ4v) is 2.81. The molecular weight excluding hydrogens is 334 g/mol. The Balaban J connectivity index is 1.70. The van der Waals surface area contributed by atoms with E-state index in [1.54, 1.807) is 31.3 Å². The summed E-state index contributed by atoms with van der Waals surface area (Å²) in [6.07, 6.45) is 1.69. The monoisotopic (exact) mass is 355 g/mol. The van der Waals surface area contributed by atoms with Gasteiger partial charge in [-0.1, -0.05) is 6.07 Å². The quantitative estimate of drug-likeness (QED) is 0.835. The van der Waals surface area contributed by atoms with Crippen LogP contribution in [0.3, 0.4) is 0 Å². The van der Waals surface area contributed by atoms with Crippen molar-refractivity contribution in [2.24, 2.45) is 0 Å². The number of methoxy groups -OCH3 is 1. The Labute approximate surface area is 151 Å². The Morgan fingerprint density at radius 3 is 2.62 bits per heavy atom. The van der Waals surface area contributed by atoms with E-state index in [0.29, 0.717) is 30.3 Å². The molecule has 2 aromatic rings. The van der Waals surface area contributed by atoms with E-state index in [2.05, 4.69) is 20.2 Å². The molecule has 0 aliphatic carbocycles. The van der Waals surface area contributed by atoms with Gasteiger partial charge in [0.05, 0.1) is 12.7 Å². The summed E-state index contributed by atoms with van der Waals surface area (Å²) in [6.45, 7) is 4.42. The summed E-state index contributed by atoms with van der Waals surface area (Å²) in [6, 6.07) is 8.81. The van der Waals surface area contributed by atoms with Crippen molar-refractivity contribution in [2.75, 3.05) is 43.5 Å². The molecule has 8 heteroatoms. The zero-order valence-electron chi connectivity index (χ0n) is 14.8. The fourth-order valence-electron chi connectivity index (χ4n) is 2.81. The molecule has 1 aliphatic rings. The standard InChI is InChI=1S/C18H21N5O3/c1-13(24)22-8-10-23(11-9-22)16-6-7-19-18(21-16)20-15-5-3-4-14(12-15)17(25)26-2/h3-7,12H,8-11H2,1-2H3,(H,19,20,21). The molecule has 26 heavy (non-hydrogen) atoms. The van der Waals surface area contributed by atoms with Crippen molar-refractivity contribution in [3.8, 4) is 0 Å². The zero-order valence-corrected chi connectivity index (χ0v) is 14.8. The number of benzene rings is 1. The highest BCUT2D eigenvalue weighted by molar-refractivity contribution is 5.90. The van der Waals surface area contributed by atoms with Gasteiger partial charge < -0.3 is 19.9 Å². The number of carbonyl (C=O) groups is 2. The first-order chi connectivity index (χ1) is 12.6. The predicted molar refractivity (Wildman–Crippen MR) is 97.6 cm³/mol. The minimum absolute atomic E-state index is 0.0974. The number of carbonyl (C=O) groups excluding carboxylic acids is 2. The van der Waals surface area contributed by atoms with Crippen molar-refractivity contribution >= 4 is 29.3 Å². The van der Waals surface area contributed by atoms with Crippen LogP contribution < -0.4 is 10.2 Å². The topological polar surface area (TPSA) is 87.7 Å². The Hall–Kier alpha value is -3.16. The smallest absolute Gasteiger partial charge is 0.337 e. The van der Waals surface area contributed by atoms with E-state index < -0.39 is 5.97 Å². The number of piperazine rings is 1. The molecule has 1 amide bonds. The first-order valence-electron chi connectivity index (χ1n) is 8.36. The summed E-state index contributed by atoms with van der Waals surface area (Å²) in [5.41, 5.74) is 1.15. The summed E-state index contributed by atoms with van der Waals surface area (Å²) in [4.78, 5) is 35.8. The lowest BCUT2D eigenvalue weighted by Crippen LogP contribution is -2.48. The van der Waals surface area contributed by atoms with Gasteiger partial charge in [0, 0.05) is 45.0 Å². The van der Waals surface area contributed by atoms with Gasteiger partial charge in [-0.25, -0.2) is 9.78 Å². The van der Waals surface area contributed by atoms with Crippen LogP contribution in [0.1, 0.15) is 17.3 Å². The second-order valence-corrected chi connectivity index (χ2v) is 5.93. The number of nitrogens with zero attached hydrogens (tertiary/aromatic N) is 4. The highest BCUT2D eigenvalue weighted by Gasteiger charge is 2.19. The van der Waals surface area contributed by atoms with Gasteiger partial charge >= 0.3 is 5.97 Å². The number of rotatable bonds is 4. The van der Waals surface area contributed by atoms with Gasteiger partial charge in [-0.15, -0.1) is 0 Å². The molecular formula is C18H21N5O3. The van der Waals surface area contributed by atoms with E-state index in [9.17, 15) is 9.59 Å². The van der Waals surface area contributed by atoms with Gasteiger partial charge in [0.25, 0.3) is 0 Å². The largest absolute Gasteiger partial charge is 0.465 e. The first-order valence-corrected chi connectivity index (χ1v) is 8.36. The molecule has 0 saturated carbocycles. The van der Waals surface area contributed by atoms with Crippen LogP contribution in [-0.4, -0.2) is 60.0 Å². The van der Waals surface area contributed by atoms with E-state index in [-0.39, 0.29) is 5.91 Å². The molecule has 1 aromatic heterocycles. The second-order valence-electron chi connectivity index (χ2n) is 5.93. The summed E-state index contributed by atoms with van der Waals surface area (Å²) < 4.78 is 4.73. The van der Waals surface area contributed by atoms with Crippen molar-refractivity contribution in [2.45, 2.75) is 6.92 Å². The van der Waals surface area contributed by atoms with Gasteiger partial charge in [0.1, 0.15) is 5.82 Å². The van der Waals surface area contributed by atoms with Crippen LogP contribution in [0.5, 0.6) is 0 Å². The molecule has 1 N–H and O–H groups in total. The second kappa shape index (κ2) is 7.81. The normalized spacial score (nSPS) is 14.1. The molecule has 0 spiro atoms. The summed E-state index contributed by atoms with van der Waals surface area (Å²) in [5.74, 6) is 0.945. The zero-order chi connectivity index (χ0) is 18.5. The molecule has 0 atom stereocenters. The highest BCUT2D eigenvalue weighted by Crippen LogP contribution is 2.19. The Morgan fingerprint density at radius 2 is 1.92 bits per heavy atom. The molecule has 1 fully saturated rings. The lowest BCUT2D eigenvalue weighted by molar-refractivity contribution is -0.129. The molecule has 136 valence electrons. The Kier molecular flexibility index (Phi) is 5.31. The molecule has 3 rings (SSSR count). The lowest BCUT2D eigenvalue weighted by atomic mass is 10.2. The Morgan fingerprint density at radius 1 is 1.15 bits per heavy atom. The van der Waals surface area contributed by atoms with E-state index >= 15 is 0 Å². The summed E-state index contributed by atoms with van der Waals surface area (Å²) >= 11 is 0. The molecule has 1 aromatic carbocycles. The number of ether oxygens (including phenoxy) is 1. The SMILES string of the molecule is COC(=O)c1cccc(Nc2nccc(N3CCN(C(C)=O)CC3)n2)c1. The Bertz CT molecular complexity index is 803. The minimum atomic E-state index is -0.397. The average Bonchev–Trinajstić information content (AvgIpc) is 2.68. The fraction of sp³-hybridized carbons (Fsp3) is 0.333. The molecule has 0 radical (unpaired) electrons. The number of esters is 1. The van der Waals surface area contributed by atoms with Gasteiger partial charge in [-0.3, -0.25) is 4.79 Å². The third kappa shape index (κ3) is 4.08. The molecule has 0 bridgehead atoms. The maximum atomic E-state index is 11.6. The third-order valence-corrected chi connectivity index (χ3v) is 4.23. The van der Waals surface area contributed by atoms with Crippen LogP contribution in [0.15, 0.2) is 36.5 Å². The number of nitrogens with one attached hydrogen (secondary N) is 1. The molecule has 1 saturated heterocycles. The van der Waals surface area contributed by atoms with E-state index in [0.717, 1.165) is 18.9 Å². The summed E-state index contributed by atoms with van der Waals surface area (Å²) in [5, 5.41) is 3.11. The van der Waals surface area contributed by atoms with Crippen LogP contribution in [0, 0.1) is 0 Å². The highest BCUT2D eigenvalue weighted by atomic mass is 16.5. The van der Waals surface area contributed by atoms with Crippen molar-refractivity contribution < 1.29 is 14.3 Å². The number of aromatic nitrogens is 2. The van der Waals surface area contributed by atoms with Crippen LogP contribution in [-0.2, 0) is 9.53 Å². The molecule has 8 nitrogen and oxygen atoms in total. The van der Waals surface area contributed by atoms with Gasteiger partial charge in [0.15, 0.2) is 0 Å². The maximum absolute atomic E-state index is 11.6. The maximum Gasteiger partial charge on any atom is 0.337 e. The van der Waals surface area contributed by atoms with Crippen molar-refractivity contribution in [3.63, 3.8) is 0 Å². The molecule has 1 aliphatic heterocycles. The van der Waals surface area contributed by atoms with Crippen molar-refractivity contribution in [3.05, 3.63) is 42.1 Å². The van der Waals surface area contributed by atoms with E-state index in [4.69, 9.17) is 4.74 Å². The van der Waals surface area contributed by atoms with Gasteiger partial charge in [-0.05, 0) is 24.3 Å². The number of anilines is 3. The first kappa shape index (κ1) is 17.7. The number of amides is 1. The van der Waals surface area contributed by atoms with Crippen molar-refractivity contribution in [1.82, 2.24) is 14.9 Å². The van der Waals surface area contributed by atoms with Crippen LogP contribution in [0.25, 0.3) is 0 Å². The van der Waals surface area contributed by atoms with Crippen LogP contribution >= 0.6 is 0 Å². The average molecular weight is 355 g/mol. The van der Waals surface area contributed by atoms with Crippen molar-refractivity contribution in [1.29, 1.82) is 0 Å². The number of hydrogen-bond acceptors (Lipinski definition) is 7.